The first-order valence-corrected chi connectivity index (χ1v) is 27.0. The number of aromatic nitrogens is 1. The van der Waals surface area contributed by atoms with Crippen molar-refractivity contribution in [1.29, 1.82) is 0 Å². The molecule has 3 saturated heterocycles. The van der Waals surface area contributed by atoms with Crippen LogP contribution in [0.25, 0.3) is 17.0 Å². The molecule has 4 aliphatic heterocycles. The molecule has 18 atom stereocenters. The highest BCUT2D eigenvalue weighted by Gasteiger charge is 2.53. The average Bonchev–Trinajstić information content (AvgIpc) is 3.34. The van der Waals surface area contributed by atoms with Crippen molar-refractivity contribution in [2.24, 2.45) is 17.8 Å². The van der Waals surface area contributed by atoms with Crippen molar-refractivity contribution in [1.82, 2.24) is 14.4 Å². The summed E-state index contributed by atoms with van der Waals surface area (Å²) in [5.41, 5.74) is -2.60. The van der Waals surface area contributed by atoms with Gasteiger partial charge in [0.25, 0.3) is 0 Å². The van der Waals surface area contributed by atoms with Crippen molar-refractivity contribution in [3.63, 3.8) is 0 Å². The van der Waals surface area contributed by atoms with Crippen LogP contribution in [0.2, 0.25) is 0 Å². The maximum atomic E-state index is 14.6. The Labute approximate surface area is 443 Å². The molecule has 0 amide bonds. The molecule has 0 spiro atoms. The number of aliphatic hydroxyl groups excluding tert-OH is 2. The summed E-state index contributed by atoms with van der Waals surface area (Å²) in [6.07, 6.45) is -1.37. The lowest BCUT2D eigenvalue weighted by molar-refractivity contribution is -0.321. The number of hydrogen-bond donors (Lipinski definition) is 5. The molecule has 75 heavy (non-hydrogen) atoms. The van der Waals surface area contributed by atoms with Gasteiger partial charge in [0.05, 0.1) is 66.9 Å². The molecular weight excluding hydrogens is 971 g/mol. The van der Waals surface area contributed by atoms with E-state index in [2.05, 4.69) is 0 Å². The largest absolute Gasteiger partial charge is 0.477 e. The van der Waals surface area contributed by atoms with Gasteiger partial charge in [0.1, 0.15) is 35.6 Å². The fourth-order valence-electron chi connectivity index (χ4n) is 12.3. The summed E-state index contributed by atoms with van der Waals surface area (Å²) in [5.74, 6) is -3.98. The Morgan fingerprint density at radius 1 is 0.973 bits per heavy atom. The molecule has 6 rings (SSSR count). The molecule has 0 aliphatic carbocycles. The minimum Gasteiger partial charge on any atom is -0.477 e. The molecule has 3 fully saturated rings. The van der Waals surface area contributed by atoms with Gasteiger partial charge in [-0.15, -0.1) is 0 Å². The van der Waals surface area contributed by atoms with Gasteiger partial charge in [-0.25, -0.2) is 4.79 Å². The summed E-state index contributed by atoms with van der Waals surface area (Å²) in [5, 5.41) is 58.2. The number of aliphatic hydroxyl groups is 4. The molecule has 5 heterocycles. The first kappa shape index (κ1) is 60.8. The van der Waals surface area contributed by atoms with Crippen LogP contribution in [0.5, 0.6) is 0 Å². The van der Waals surface area contributed by atoms with E-state index in [1.165, 1.54) is 13.1 Å². The molecule has 0 bridgehead atoms. The van der Waals surface area contributed by atoms with Gasteiger partial charge in [-0.05, 0) is 131 Å². The minimum atomic E-state index is -1.84. The van der Waals surface area contributed by atoms with E-state index in [0.29, 0.717) is 24.9 Å². The lowest BCUT2D eigenvalue weighted by atomic mass is 9.77. The minimum absolute atomic E-state index is 0.161. The third-order valence-corrected chi connectivity index (χ3v) is 16.6. The third kappa shape index (κ3) is 13.7. The predicted molar refractivity (Wildman–Crippen MR) is 281 cm³/mol. The first-order valence-electron chi connectivity index (χ1n) is 27.0. The van der Waals surface area contributed by atoms with Crippen molar-refractivity contribution in [2.75, 3.05) is 54.6 Å². The zero-order valence-electron chi connectivity index (χ0n) is 46.9. The van der Waals surface area contributed by atoms with Crippen LogP contribution in [0.15, 0.2) is 29.2 Å². The van der Waals surface area contributed by atoms with Crippen LogP contribution in [-0.4, -0.2) is 197 Å². The SMILES string of the molecule is CC[C@H]1OC(=O)[C@H](C)[C@@H](O[C@H]2C[C@@](C)(OC)[C@@H](OCCOC/C=C/c3cc4c5c(c3)c(=O)c(C(=O)O)cn5CCC4)[C@H](C)O2)[C@H](C)[C@@H](O[C@@H]2O[C@H](C)C[C@H](N(C)C)[C@H]2O)[C@](C)(O)C[C@@H](C)CN(C)[C@H](C)[C@@H](O)[C@]1(C)O. The van der Waals surface area contributed by atoms with Gasteiger partial charge in [0.15, 0.2) is 12.6 Å². The van der Waals surface area contributed by atoms with Gasteiger partial charge >= 0.3 is 11.9 Å². The smallest absolute Gasteiger partial charge is 0.341 e. The zero-order valence-corrected chi connectivity index (χ0v) is 46.9. The Bertz CT molecular complexity index is 2340. The summed E-state index contributed by atoms with van der Waals surface area (Å²) in [7, 11) is 7.19. The number of ether oxygens (including phenoxy) is 8. The van der Waals surface area contributed by atoms with E-state index >= 15 is 0 Å². The van der Waals surface area contributed by atoms with Crippen LogP contribution >= 0.6 is 0 Å². The highest BCUT2D eigenvalue weighted by molar-refractivity contribution is 5.94. The van der Waals surface area contributed by atoms with Crippen molar-refractivity contribution in [2.45, 2.75) is 205 Å². The maximum Gasteiger partial charge on any atom is 0.341 e. The summed E-state index contributed by atoms with van der Waals surface area (Å²) in [6.45, 7) is 19.6. The lowest BCUT2D eigenvalue weighted by Gasteiger charge is -2.49. The second kappa shape index (κ2) is 25.1. The van der Waals surface area contributed by atoms with Crippen molar-refractivity contribution in [3.8, 4) is 0 Å². The number of carbonyl (C=O) groups excluding carboxylic acids is 1. The topological polar surface area (TPSA) is 238 Å². The molecule has 19 nitrogen and oxygen atoms in total. The predicted octanol–water partition coefficient (Wildman–Crippen LogP) is 4.61. The van der Waals surface area contributed by atoms with Gasteiger partial charge in [-0.1, -0.05) is 32.9 Å². The van der Waals surface area contributed by atoms with E-state index < -0.39 is 107 Å². The monoisotopic (exact) mass is 1060 g/mol. The Morgan fingerprint density at radius 2 is 1.68 bits per heavy atom. The molecule has 0 radical (unpaired) electrons. The molecule has 1 aromatic carbocycles. The number of likely N-dealkylation sites (N-methyl/N-ethyl adjacent to an activating group) is 2. The fraction of sp³-hybridized carbons (Fsp3) is 0.768. The number of aromatic carboxylic acids is 1. The number of pyridine rings is 1. The van der Waals surface area contributed by atoms with Crippen molar-refractivity contribution < 1.29 is 73.0 Å². The number of carboxylic acid groups (broad SMARTS) is 1. The number of cyclic esters (lactones) is 1. The van der Waals surface area contributed by atoms with Crippen LogP contribution in [0.1, 0.15) is 123 Å². The normalized spacial score (nSPS) is 38.9. The molecule has 5 N–H and O–H groups in total. The van der Waals surface area contributed by atoms with Crippen LogP contribution in [0.4, 0.5) is 0 Å². The third-order valence-electron chi connectivity index (χ3n) is 16.6. The number of methoxy groups -OCH3 is 1. The quantitative estimate of drug-likeness (QED) is 0.121. The van der Waals surface area contributed by atoms with E-state index in [1.807, 2.05) is 88.3 Å². The number of carbonyl (C=O) groups is 2. The molecule has 2 aromatic rings. The second-order valence-corrected chi connectivity index (χ2v) is 23.0. The van der Waals surface area contributed by atoms with Crippen molar-refractivity contribution >= 4 is 28.9 Å². The van der Waals surface area contributed by atoms with E-state index in [4.69, 9.17) is 37.9 Å². The van der Waals surface area contributed by atoms with Crippen LogP contribution in [0.3, 0.4) is 0 Å². The van der Waals surface area contributed by atoms with E-state index in [0.717, 1.165) is 29.5 Å². The van der Waals surface area contributed by atoms with Crippen LogP contribution in [0, 0.1) is 17.8 Å². The Kier molecular flexibility index (Phi) is 20.4. The van der Waals surface area contributed by atoms with Gasteiger partial charge in [-0.2, -0.15) is 0 Å². The van der Waals surface area contributed by atoms with Gasteiger partial charge < -0.3 is 77.8 Å². The lowest BCUT2D eigenvalue weighted by Crippen LogP contribution is -2.61. The molecule has 424 valence electrons. The zero-order chi connectivity index (χ0) is 55.5. The molecule has 19 heteroatoms. The van der Waals surface area contributed by atoms with E-state index in [1.54, 1.807) is 40.9 Å². The number of carboxylic acids is 1. The summed E-state index contributed by atoms with van der Waals surface area (Å²) < 4.78 is 53.2. The van der Waals surface area contributed by atoms with Gasteiger partial charge in [-0.3, -0.25) is 9.59 Å². The number of aryl methyl sites for hydroxylation is 2. The van der Waals surface area contributed by atoms with Crippen LogP contribution < -0.4 is 5.43 Å². The summed E-state index contributed by atoms with van der Waals surface area (Å²) >= 11 is 0. The van der Waals surface area contributed by atoms with Gasteiger partial charge in [0, 0.05) is 56.2 Å². The number of rotatable bonds is 15. The molecule has 0 unspecified atom stereocenters. The standard InChI is InChI=1S/C56H89N3O16/c1-15-42-56(10,67)48(62)35(6)58(13)29-31(2)27-54(8,66)49(75-53-46(61)41(57(11)12)24-32(3)71-53)33(4)47(34(5)52(65)73-42)74-43-28-55(9,68-14)50(36(7)72-43)70-23-22-69-21-17-18-37-25-38-19-16-20-59-30-40(51(63)64)45(60)39(26-37)44(38)59/h17-18,25-26,30-36,41-43,46-50,53,61-62,66-67H,15-16,19-24,27-29H2,1-14H3,(H,63,64)/b18-17+/t31-,32-,33+,34-,35-,36+,41+,42-,43+,46-,47+,48-,49-,50+,53+,54-,55-,56-/m1/s1. The Morgan fingerprint density at radius 3 is 2.33 bits per heavy atom. The maximum absolute atomic E-state index is 14.6. The highest BCUT2D eigenvalue weighted by atomic mass is 16.7. The van der Waals surface area contributed by atoms with E-state index in [9.17, 15) is 39.9 Å². The molecule has 0 saturated carbocycles. The molecule has 1 aromatic heterocycles. The molecular formula is C56H89N3O16. The number of hydrogen-bond acceptors (Lipinski definition) is 17. The second-order valence-electron chi connectivity index (χ2n) is 23.0. The average molecular weight is 1060 g/mol. The number of benzene rings is 1. The fourth-order valence-corrected chi connectivity index (χ4v) is 12.3. The molecule has 4 aliphatic rings. The van der Waals surface area contributed by atoms with Crippen LogP contribution in [-0.2, 0) is 55.7 Å². The van der Waals surface area contributed by atoms with Crippen molar-refractivity contribution in [3.05, 3.63) is 51.3 Å². The summed E-state index contributed by atoms with van der Waals surface area (Å²) in [6, 6.07) is 2.88. The van der Waals surface area contributed by atoms with Gasteiger partial charge in [0.2, 0.25) is 5.43 Å². The Hall–Kier alpha value is -3.41. The summed E-state index contributed by atoms with van der Waals surface area (Å²) in [4.78, 5) is 43.4. The number of nitrogens with zero attached hydrogens (tertiary/aromatic N) is 3. The number of esters is 1. The first-order chi connectivity index (χ1) is 35.1. The van der Waals surface area contributed by atoms with E-state index in [-0.39, 0.29) is 62.7 Å². The highest BCUT2D eigenvalue weighted by Crippen LogP contribution is 2.41. The Balaban J connectivity index is 1.21.